The fourth-order valence-electron chi connectivity index (χ4n) is 1.90. The number of anilines is 2. The third-order valence-electron chi connectivity index (χ3n) is 3.17. The Balaban J connectivity index is 1.96. The molecule has 0 aliphatic carbocycles. The Kier molecular flexibility index (Phi) is 5.85. The van der Waals surface area contributed by atoms with Gasteiger partial charge in [0.25, 0.3) is 5.91 Å². The normalized spacial score (nSPS) is 10.3. The summed E-state index contributed by atoms with van der Waals surface area (Å²) in [6.45, 7) is 1.17. The molecule has 0 fully saturated rings. The van der Waals surface area contributed by atoms with Crippen molar-refractivity contribution in [3.8, 4) is 0 Å². The highest BCUT2D eigenvalue weighted by Gasteiger charge is 2.10. The van der Waals surface area contributed by atoms with Crippen LogP contribution in [0.25, 0.3) is 0 Å². The lowest BCUT2D eigenvalue weighted by Gasteiger charge is -2.17. The standard InChI is InChI=1S/C16H20N4O2/c1-20(13-7-4-3-5-8-13)15-12-18-14(11-19-15)16(21)17-9-6-10-22-2/h3-5,7-8,11-12H,6,9-10H2,1-2H3,(H,17,21). The van der Waals surface area contributed by atoms with Crippen molar-refractivity contribution in [2.24, 2.45) is 0 Å². The minimum absolute atomic E-state index is 0.225. The molecule has 0 atom stereocenters. The Bertz CT molecular complexity index is 587. The zero-order valence-electron chi connectivity index (χ0n) is 12.8. The number of carbonyl (C=O) groups is 1. The van der Waals surface area contributed by atoms with Crippen molar-refractivity contribution < 1.29 is 9.53 Å². The van der Waals surface area contributed by atoms with Crippen molar-refractivity contribution in [1.82, 2.24) is 15.3 Å². The minimum Gasteiger partial charge on any atom is -0.385 e. The van der Waals surface area contributed by atoms with Crippen molar-refractivity contribution in [3.05, 3.63) is 48.4 Å². The predicted molar refractivity (Wildman–Crippen MR) is 85.4 cm³/mol. The first-order chi connectivity index (χ1) is 10.7. The molecule has 0 saturated carbocycles. The van der Waals surface area contributed by atoms with E-state index in [1.807, 2.05) is 42.3 Å². The number of hydrogen-bond donors (Lipinski definition) is 1. The number of benzene rings is 1. The number of carbonyl (C=O) groups excluding carboxylic acids is 1. The molecule has 1 aromatic carbocycles. The molecule has 6 nitrogen and oxygen atoms in total. The van der Waals surface area contributed by atoms with E-state index in [1.165, 1.54) is 6.20 Å². The number of hydrogen-bond acceptors (Lipinski definition) is 5. The van der Waals surface area contributed by atoms with Crippen LogP contribution in [0, 0.1) is 0 Å². The van der Waals surface area contributed by atoms with Crippen molar-refractivity contribution in [2.45, 2.75) is 6.42 Å². The maximum atomic E-state index is 11.9. The fraction of sp³-hybridized carbons (Fsp3) is 0.312. The quantitative estimate of drug-likeness (QED) is 0.792. The van der Waals surface area contributed by atoms with Crippen LogP contribution in [0.3, 0.4) is 0 Å². The van der Waals surface area contributed by atoms with E-state index in [9.17, 15) is 4.79 Å². The van der Waals surface area contributed by atoms with E-state index in [0.29, 0.717) is 24.7 Å². The zero-order chi connectivity index (χ0) is 15.8. The highest BCUT2D eigenvalue weighted by molar-refractivity contribution is 5.92. The number of nitrogens with one attached hydrogen (secondary N) is 1. The summed E-state index contributed by atoms with van der Waals surface area (Å²) in [6.07, 6.45) is 3.85. The number of nitrogens with zero attached hydrogens (tertiary/aromatic N) is 3. The summed E-state index contributed by atoms with van der Waals surface area (Å²) < 4.78 is 4.93. The van der Waals surface area contributed by atoms with Crippen molar-refractivity contribution in [1.29, 1.82) is 0 Å². The van der Waals surface area contributed by atoms with Crippen molar-refractivity contribution in [3.63, 3.8) is 0 Å². The lowest BCUT2D eigenvalue weighted by Crippen LogP contribution is -2.26. The Hall–Kier alpha value is -2.47. The third kappa shape index (κ3) is 4.26. The summed E-state index contributed by atoms with van der Waals surface area (Å²) >= 11 is 0. The SMILES string of the molecule is COCCCNC(=O)c1cnc(N(C)c2ccccc2)cn1. The van der Waals surface area contributed by atoms with Gasteiger partial charge in [-0.25, -0.2) is 9.97 Å². The van der Waals surface area contributed by atoms with Crippen LogP contribution in [0.1, 0.15) is 16.9 Å². The molecule has 22 heavy (non-hydrogen) atoms. The second-order valence-corrected chi connectivity index (χ2v) is 4.76. The molecule has 6 heteroatoms. The Morgan fingerprint density at radius 3 is 2.64 bits per heavy atom. The molecule has 116 valence electrons. The van der Waals surface area contributed by atoms with E-state index in [4.69, 9.17) is 4.74 Å². The number of aromatic nitrogens is 2. The largest absolute Gasteiger partial charge is 0.385 e. The fourth-order valence-corrected chi connectivity index (χ4v) is 1.90. The molecular weight excluding hydrogens is 280 g/mol. The van der Waals surface area contributed by atoms with Gasteiger partial charge in [0.05, 0.1) is 12.4 Å². The van der Waals surface area contributed by atoms with Crippen molar-refractivity contribution >= 4 is 17.4 Å². The molecule has 0 saturated heterocycles. The topological polar surface area (TPSA) is 67.3 Å². The Morgan fingerprint density at radius 1 is 1.23 bits per heavy atom. The smallest absolute Gasteiger partial charge is 0.271 e. The van der Waals surface area contributed by atoms with Gasteiger partial charge in [0.1, 0.15) is 5.69 Å². The highest BCUT2D eigenvalue weighted by Crippen LogP contribution is 2.19. The van der Waals surface area contributed by atoms with Gasteiger partial charge < -0.3 is 15.0 Å². The van der Waals surface area contributed by atoms with E-state index in [1.54, 1.807) is 13.3 Å². The maximum Gasteiger partial charge on any atom is 0.271 e. The monoisotopic (exact) mass is 300 g/mol. The van der Waals surface area contributed by atoms with Gasteiger partial charge in [0, 0.05) is 33.0 Å². The van der Waals surface area contributed by atoms with Gasteiger partial charge in [-0.2, -0.15) is 0 Å². The summed E-state index contributed by atoms with van der Waals surface area (Å²) in [5.41, 5.74) is 1.32. The predicted octanol–water partition coefficient (Wildman–Crippen LogP) is 2.01. The Labute approximate surface area is 130 Å². The molecule has 1 N–H and O–H groups in total. The van der Waals surface area contributed by atoms with Gasteiger partial charge in [-0.3, -0.25) is 4.79 Å². The van der Waals surface area contributed by atoms with E-state index >= 15 is 0 Å². The lowest BCUT2D eigenvalue weighted by molar-refractivity contribution is 0.0943. The van der Waals surface area contributed by atoms with Gasteiger partial charge in [0.15, 0.2) is 5.82 Å². The molecule has 1 heterocycles. The molecule has 0 bridgehead atoms. The van der Waals surface area contributed by atoms with E-state index in [0.717, 1.165) is 12.1 Å². The van der Waals surface area contributed by atoms with Gasteiger partial charge in [-0.05, 0) is 18.6 Å². The summed E-state index contributed by atoms with van der Waals surface area (Å²) in [5.74, 6) is 0.458. The maximum absolute atomic E-state index is 11.9. The molecule has 0 radical (unpaired) electrons. The van der Waals surface area contributed by atoms with E-state index < -0.39 is 0 Å². The first-order valence-electron chi connectivity index (χ1n) is 7.10. The second-order valence-electron chi connectivity index (χ2n) is 4.76. The first kappa shape index (κ1) is 15.9. The number of rotatable bonds is 7. The first-order valence-corrected chi connectivity index (χ1v) is 7.10. The molecule has 2 rings (SSSR count). The van der Waals surface area contributed by atoms with Gasteiger partial charge in [-0.1, -0.05) is 18.2 Å². The van der Waals surface area contributed by atoms with Crippen LogP contribution in [-0.2, 0) is 4.74 Å². The summed E-state index contributed by atoms with van der Waals surface area (Å²) in [4.78, 5) is 22.3. The molecular formula is C16H20N4O2. The van der Waals surface area contributed by atoms with Crippen LogP contribution in [-0.4, -0.2) is 43.2 Å². The van der Waals surface area contributed by atoms with Crippen LogP contribution in [0.2, 0.25) is 0 Å². The Morgan fingerprint density at radius 2 is 2.00 bits per heavy atom. The average Bonchev–Trinajstić information content (AvgIpc) is 2.59. The van der Waals surface area contributed by atoms with Crippen LogP contribution >= 0.6 is 0 Å². The van der Waals surface area contributed by atoms with Crippen LogP contribution in [0.4, 0.5) is 11.5 Å². The number of para-hydroxylation sites is 1. The van der Waals surface area contributed by atoms with Gasteiger partial charge >= 0.3 is 0 Å². The molecule has 0 spiro atoms. The number of amides is 1. The van der Waals surface area contributed by atoms with E-state index in [2.05, 4.69) is 15.3 Å². The molecule has 0 aliphatic rings. The number of methoxy groups -OCH3 is 1. The second kappa shape index (κ2) is 8.09. The number of ether oxygens (including phenoxy) is 1. The van der Waals surface area contributed by atoms with Crippen LogP contribution in [0.15, 0.2) is 42.7 Å². The summed E-state index contributed by atoms with van der Waals surface area (Å²) in [5, 5.41) is 2.78. The molecule has 0 aliphatic heterocycles. The molecule has 1 amide bonds. The summed E-state index contributed by atoms with van der Waals surface area (Å²) in [6, 6.07) is 9.85. The molecule has 1 aromatic heterocycles. The van der Waals surface area contributed by atoms with Crippen LogP contribution < -0.4 is 10.2 Å². The average molecular weight is 300 g/mol. The lowest BCUT2D eigenvalue weighted by atomic mass is 10.3. The van der Waals surface area contributed by atoms with Crippen molar-refractivity contribution in [2.75, 3.05) is 32.2 Å². The molecule has 0 unspecified atom stereocenters. The summed E-state index contributed by atoms with van der Waals surface area (Å²) in [7, 11) is 3.54. The van der Waals surface area contributed by atoms with E-state index in [-0.39, 0.29) is 5.91 Å². The molecule has 2 aromatic rings. The van der Waals surface area contributed by atoms with Crippen LogP contribution in [0.5, 0.6) is 0 Å². The van der Waals surface area contributed by atoms with Gasteiger partial charge in [-0.15, -0.1) is 0 Å². The highest BCUT2D eigenvalue weighted by atomic mass is 16.5. The van der Waals surface area contributed by atoms with Gasteiger partial charge in [0.2, 0.25) is 0 Å². The third-order valence-corrected chi connectivity index (χ3v) is 3.17. The zero-order valence-corrected chi connectivity index (χ0v) is 12.8. The minimum atomic E-state index is -0.225.